The van der Waals surface area contributed by atoms with E-state index >= 15 is 0 Å². The van der Waals surface area contributed by atoms with E-state index in [0.29, 0.717) is 11.4 Å². The molecule has 0 saturated heterocycles. The average molecular weight is 566 g/mol. The van der Waals surface area contributed by atoms with Crippen LogP contribution in [-0.2, 0) is 32.6 Å². The van der Waals surface area contributed by atoms with E-state index in [1.165, 1.54) is 4.90 Å². The highest BCUT2D eigenvalue weighted by molar-refractivity contribution is 7.92. The minimum Gasteiger partial charge on any atom is -0.497 e. The number of hydrogen-bond donors (Lipinski definition) is 1. The summed E-state index contributed by atoms with van der Waals surface area (Å²) >= 11 is 0. The number of ether oxygens (including phenoxy) is 1. The minimum absolute atomic E-state index is 0.0902. The normalized spacial score (nSPS) is 12.7. The second kappa shape index (κ2) is 14.0. The molecule has 0 fully saturated rings. The molecule has 0 saturated carbocycles. The molecule has 0 bridgehead atoms. The lowest BCUT2D eigenvalue weighted by Gasteiger charge is -2.34. The van der Waals surface area contributed by atoms with E-state index in [1.54, 1.807) is 37.4 Å². The van der Waals surface area contributed by atoms with E-state index in [2.05, 4.69) is 5.32 Å². The van der Waals surface area contributed by atoms with Gasteiger partial charge in [0.2, 0.25) is 21.8 Å². The molecule has 0 unspecified atom stereocenters. The molecule has 0 spiro atoms. The maximum absolute atomic E-state index is 14.1. The fourth-order valence-corrected chi connectivity index (χ4v) is 5.20. The molecule has 0 aliphatic carbocycles. The smallest absolute Gasteiger partial charge is 0.244 e. The number of carbonyl (C=O) groups is 2. The summed E-state index contributed by atoms with van der Waals surface area (Å²) in [6, 6.07) is 22.8. The van der Waals surface area contributed by atoms with Crippen LogP contribution < -0.4 is 14.4 Å². The Morgan fingerprint density at radius 1 is 0.950 bits per heavy atom. The molecule has 1 N–H and O–H groups in total. The van der Waals surface area contributed by atoms with Crippen molar-refractivity contribution in [2.45, 2.75) is 52.2 Å². The van der Waals surface area contributed by atoms with Crippen LogP contribution in [-0.4, -0.2) is 57.1 Å². The molecular weight excluding hydrogens is 526 g/mol. The third-order valence-corrected chi connectivity index (χ3v) is 7.87. The highest BCUT2D eigenvalue weighted by atomic mass is 32.2. The van der Waals surface area contributed by atoms with Gasteiger partial charge in [0.15, 0.2) is 0 Å². The number of hydrogen-bond acceptors (Lipinski definition) is 5. The predicted octanol–water partition coefficient (Wildman–Crippen LogP) is 4.32. The Hall–Kier alpha value is -3.85. The lowest BCUT2D eigenvalue weighted by molar-refractivity contribution is -0.140. The summed E-state index contributed by atoms with van der Waals surface area (Å²) < 4.78 is 32.2. The van der Waals surface area contributed by atoms with E-state index < -0.39 is 28.5 Å². The Balaban J connectivity index is 2.07. The monoisotopic (exact) mass is 565 g/mol. The number of methoxy groups -OCH3 is 1. The molecular formula is C31H39N3O5S. The predicted molar refractivity (Wildman–Crippen MR) is 159 cm³/mol. The third kappa shape index (κ3) is 8.58. The lowest BCUT2D eigenvalue weighted by atomic mass is 10.0. The summed E-state index contributed by atoms with van der Waals surface area (Å²) in [6.07, 6.45) is 2.07. The molecule has 3 aromatic rings. The van der Waals surface area contributed by atoms with Crippen molar-refractivity contribution < 1.29 is 22.7 Å². The summed E-state index contributed by atoms with van der Waals surface area (Å²) in [7, 11) is -2.25. The van der Waals surface area contributed by atoms with Crippen LogP contribution in [0.1, 0.15) is 37.0 Å². The Kier molecular flexibility index (Phi) is 10.7. The Bertz CT molecular complexity index is 1390. The van der Waals surface area contributed by atoms with Gasteiger partial charge in [0.25, 0.3) is 0 Å². The van der Waals surface area contributed by atoms with Gasteiger partial charge >= 0.3 is 0 Å². The van der Waals surface area contributed by atoms with Crippen LogP contribution >= 0.6 is 0 Å². The number of nitrogens with one attached hydrogen (secondary N) is 1. The van der Waals surface area contributed by atoms with E-state index in [0.717, 1.165) is 33.7 Å². The maximum Gasteiger partial charge on any atom is 0.244 e. The van der Waals surface area contributed by atoms with Gasteiger partial charge in [0, 0.05) is 19.0 Å². The van der Waals surface area contributed by atoms with Crippen LogP contribution in [0.2, 0.25) is 0 Å². The van der Waals surface area contributed by atoms with E-state index in [9.17, 15) is 18.0 Å². The minimum atomic E-state index is -3.81. The number of sulfonamides is 1. The van der Waals surface area contributed by atoms with Crippen LogP contribution in [0.25, 0.3) is 0 Å². The van der Waals surface area contributed by atoms with E-state index in [4.69, 9.17) is 4.74 Å². The summed E-state index contributed by atoms with van der Waals surface area (Å²) in [6.45, 7) is 5.38. The van der Waals surface area contributed by atoms with Gasteiger partial charge in [-0.05, 0) is 61.2 Å². The molecule has 9 heteroatoms. The fourth-order valence-electron chi connectivity index (χ4n) is 4.36. The largest absolute Gasteiger partial charge is 0.497 e. The van der Waals surface area contributed by atoms with Crippen molar-refractivity contribution in [2.24, 2.45) is 0 Å². The number of carbonyl (C=O) groups excluding carboxylic acids is 2. The van der Waals surface area contributed by atoms with Gasteiger partial charge in [-0.3, -0.25) is 13.9 Å². The SMILES string of the molecule is CC[C@H](C)NC(=O)[C@@H](Cc1ccccc1)N(Cc1cccc(OC)c1)C(=O)CN(c1cccc(C)c1)S(C)(=O)=O. The molecule has 0 aliphatic rings. The van der Waals surface area contributed by atoms with Crippen LogP contribution in [0.4, 0.5) is 5.69 Å². The van der Waals surface area contributed by atoms with Gasteiger partial charge in [-0.15, -0.1) is 0 Å². The summed E-state index contributed by atoms with van der Waals surface area (Å²) in [5.41, 5.74) is 2.89. The zero-order valence-corrected chi connectivity index (χ0v) is 24.6. The van der Waals surface area contributed by atoms with Crippen LogP contribution in [0.3, 0.4) is 0 Å². The first-order chi connectivity index (χ1) is 19.0. The first-order valence-corrected chi connectivity index (χ1v) is 15.2. The second-order valence-corrected chi connectivity index (χ2v) is 11.9. The number of rotatable bonds is 13. The van der Waals surface area contributed by atoms with Crippen molar-refractivity contribution in [3.63, 3.8) is 0 Å². The van der Waals surface area contributed by atoms with Crippen molar-refractivity contribution in [3.05, 3.63) is 95.6 Å². The molecule has 0 aromatic heterocycles. The summed E-state index contributed by atoms with van der Waals surface area (Å²) in [5, 5.41) is 3.03. The topological polar surface area (TPSA) is 96.0 Å². The Labute approximate surface area is 238 Å². The number of nitrogens with zero attached hydrogens (tertiary/aromatic N) is 2. The van der Waals surface area contributed by atoms with Crippen LogP contribution in [0, 0.1) is 6.92 Å². The number of amides is 2. The van der Waals surface area contributed by atoms with Crippen molar-refractivity contribution in [1.29, 1.82) is 0 Å². The van der Waals surface area contributed by atoms with E-state index in [-0.39, 0.29) is 24.9 Å². The second-order valence-electron chi connectivity index (χ2n) is 10.0. The third-order valence-electron chi connectivity index (χ3n) is 6.73. The molecule has 8 nitrogen and oxygen atoms in total. The lowest BCUT2D eigenvalue weighted by Crippen LogP contribution is -2.54. The quantitative estimate of drug-likeness (QED) is 0.333. The van der Waals surface area contributed by atoms with Crippen molar-refractivity contribution in [2.75, 3.05) is 24.2 Å². The van der Waals surface area contributed by atoms with Gasteiger partial charge in [0.05, 0.1) is 19.1 Å². The van der Waals surface area contributed by atoms with E-state index in [1.807, 2.05) is 69.3 Å². The molecule has 0 heterocycles. The standard InChI is InChI=1S/C31H39N3O5S/c1-6-24(3)32-31(36)29(20-25-13-8-7-9-14-25)33(21-26-15-11-17-28(19-26)39-4)30(35)22-34(40(5,37)38)27-16-10-12-23(2)18-27/h7-19,24,29H,6,20-22H2,1-5H3,(H,32,36)/t24-,29+/m0/s1. The Morgan fingerprint density at radius 2 is 1.62 bits per heavy atom. The van der Waals surface area contributed by atoms with Gasteiger partial charge in [-0.2, -0.15) is 0 Å². The van der Waals surface area contributed by atoms with Gasteiger partial charge in [0.1, 0.15) is 18.3 Å². The van der Waals surface area contributed by atoms with Crippen LogP contribution in [0.5, 0.6) is 5.75 Å². The summed E-state index contributed by atoms with van der Waals surface area (Å²) in [4.78, 5) is 29.3. The molecule has 2 atom stereocenters. The van der Waals surface area contributed by atoms with Crippen molar-refractivity contribution >= 4 is 27.5 Å². The fraction of sp³-hybridized carbons (Fsp3) is 0.355. The zero-order chi connectivity index (χ0) is 29.3. The molecule has 3 rings (SSSR count). The van der Waals surface area contributed by atoms with Crippen molar-refractivity contribution in [1.82, 2.24) is 10.2 Å². The number of aryl methyl sites for hydroxylation is 1. The molecule has 2 amide bonds. The molecule has 3 aromatic carbocycles. The number of anilines is 1. The zero-order valence-electron chi connectivity index (χ0n) is 23.8. The number of benzene rings is 3. The Morgan fingerprint density at radius 3 is 2.25 bits per heavy atom. The van der Waals surface area contributed by atoms with Gasteiger partial charge < -0.3 is 15.0 Å². The highest BCUT2D eigenvalue weighted by Gasteiger charge is 2.33. The highest BCUT2D eigenvalue weighted by Crippen LogP contribution is 2.22. The average Bonchev–Trinajstić information content (AvgIpc) is 2.93. The summed E-state index contributed by atoms with van der Waals surface area (Å²) in [5.74, 6) is -0.169. The molecule has 40 heavy (non-hydrogen) atoms. The maximum atomic E-state index is 14.1. The van der Waals surface area contributed by atoms with Gasteiger partial charge in [-0.1, -0.05) is 61.5 Å². The van der Waals surface area contributed by atoms with Gasteiger partial charge in [-0.25, -0.2) is 8.42 Å². The first kappa shape index (κ1) is 30.7. The van der Waals surface area contributed by atoms with Crippen molar-refractivity contribution in [3.8, 4) is 5.75 Å². The van der Waals surface area contributed by atoms with Crippen LogP contribution in [0.15, 0.2) is 78.9 Å². The first-order valence-electron chi connectivity index (χ1n) is 13.3. The molecule has 0 radical (unpaired) electrons. The molecule has 214 valence electrons. The molecule has 0 aliphatic heterocycles.